The minimum atomic E-state index is -3.54. The van der Waals surface area contributed by atoms with Crippen LogP contribution in [-0.2, 0) is 14.8 Å². The normalized spacial score (nSPS) is 18.9. The molecule has 0 atom stereocenters. The first-order chi connectivity index (χ1) is 12.8. The topological polar surface area (TPSA) is 98.8 Å². The van der Waals surface area contributed by atoms with E-state index in [-0.39, 0.29) is 18.5 Å². The molecular formula is C18H26N4O4S. The van der Waals surface area contributed by atoms with Crippen molar-refractivity contribution in [3.8, 4) is 0 Å². The molecule has 1 saturated heterocycles. The fraction of sp³-hybridized carbons (Fsp3) is 0.556. The molecule has 0 bridgehead atoms. The lowest BCUT2D eigenvalue weighted by Crippen LogP contribution is -2.52. The summed E-state index contributed by atoms with van der Waals surface area (Å²) in [5, 5.41) is 5.02. The number of nitrogens with one attached hydrogen (secondary N) is 2. The average Bonchev–Trinajstić information content (AvgIpc) is 3.38. The van der Waals surface area contributed by atoms with E-state index in [2.05, 4.69) is 10.6 Å². The van der Waals surface area contributed by atoms with Gasteiger partial charge in [-0.3, -0.25) is 15.0 Å². The van der Waals surface area contributed by atoms with Gasteiger partial charge in [-0.05, 0) is 38.3 Å². The van der Waals surface area contributed by atoms with E-state index in [0.717, 1.165) is 24.0 Å². The molecule has 2 N–H and O–H groups in total. The number of hydrogen-bond acceptors (Lipinski definition) is 5. The number of urea groups is 1. The van der Waals surface area contributed by atoms with E-state index in [1.807, 2.05) is 17.9 Å². The predicted molar refractivity (Wildman–Crippen MR) is 101 cm³/mol. The van der Waals surface area contributed by atoms with Crippen LogP contribution in [0.3, 0.4) is 0 Å². The molecule has 0 unspecified atom stereocenters. The van der Waals surface area contributed by atoms with Crippen LogP contribution in [-0.4, -0.2) is 68.3 Å². The van der Waals surface area contributed by atoms with Crippen molar-refractivity contribution in [1.82, 2.24) is 19.8 Å². The fourth-order valence-corrected chi connectivity index (χ4v) is 4.80. The zero-order valence-electron chi connectivity index (χ0n) is 15.7. The summed E-state index contributed by atoms with van der Waals surface area (Å²) < 4.78 is 27.2. The highest BCUT2D eigenvalue weighted by Crippen LogP contribution is 2.22. The summed E-state index contributed by atoms with van der Waals surface area (Å²) in [5.74, 6) is -0.376. The molecule has 8 nitrogen and oxygen atoms in total. The summed E-state index contributed by atoms with van der Waals surface area (Å²) >= 11 is 0. The summed E-state index contributed by atoms with van der Waals surface area (Å²) in [6.07, 6.45) is 1.91. The number of amides is 3. The Kier molecular flexibility index (Phi) is 5.83. The molecule has 0 aromatic heterocycles. The van der Waals surface area contributed by atoms with Crippen LogP contribution in [0.2, 0.25) is 0 Å². The van der Waals surface area contributed by atoms with Crippen LogP contribution in [0.15, 0.2) is 23.1 Å². The molecule has 148 valence electrons. The van der Waals surface area contributed by atoms with Gasteiger partial charge in [-0.2, -0.15) is 4.31 Å². The molecule has 9 heteroatoms. The van der Waals surface area contributed by atoms with Crippen molar-refractivity contribution in [2.24, 2.45) is 0 Å². The number of nitrogens with zero attached hydrogens (tertiary/aromatic N) is 2. The Labute approximate surface area is 160 Å². The summed E-state index contributed by atoms with van der Waals surface area (Å²) in [6.45, 7) is 5.33. The fourth-order valence-electron chi connectivity index (χ4n) is 3.17. The Morgan fingerprint density at radius 3 is 2.37 bits per heavy atom. The second kappa shape index (κ2) is 7.95. The van der Waals surface area contributed by atoms with E-state index in [0.29, 0.717) is 31.1 Å². The molecule has 1 aromatic carbocycles. The molecule has 2 aliphatic rings. The lowest BCUT2D eigenvalue weighted by Gasteiger charge is -2.33. The molecule has 3 rings (SSSR count). The van der Waals surface area contributed by atoms with E-state index >= 15 is 0 Å². The SMILES string of the molecule is Cc1ccc(S(=O)(=O)N2CCN(CC(=O)NC(=O)NC3CC3)CC2)c(C)c1. The number of piperazine rings is 1. The lowest BCUT2D eigenvalue weighted by atomic mass is 10.2. The van der Waals surface area contributed by atoms with Crippen LogP contribution in [0.25, 0.3) is 0 Å². The standard InChI is InChI=1S/C18H26N4O4S/c1-13-3-6-16(14(2)11-13)27(25,26)22-9-7-21(8-10-22)12-17(23)20-18(24)19-15-4-5-15/h3,6,11,15H,4-5,7-10,12H2,1-2H3,(H2,19,20,23,24). The predicted octanol–water partition coefficient (Wildman–Crippen LogP) is 0.598. The van der Waals surface area contributed by atoms with Gasteiger partial charge in [-0.15, -0.1) is 0 Å². The van der Waals surface area contributed by atoms with Crippen molar-refractivity contribution in [3.05, 3.63) is 29.3 Å². The van der Waals surface area contributed by atoms with Crippen molar-refractivity contribution < 1.29 is 18.0 Å². The van der Waals surface area contributed by atoms with Crippen molar-refractivity contribution in [1.29, 1.82) is 0 Å². The van der Waals surface area contributed by atoms with Gasteiger partial charge in [-0.25, -0.2) is 13.2 Å². The van der Waals surface area contributed by atoms with Crippen LogP contribution in [0.1, 0.15) is 24.0 Å². The van der Waals surface area contributed by atoms with Crippen LogP contribution in [0.5, 0.6) is 0 Å². The maximum atomic E-state index is 12.9. The van der Waals surface area contributed by atoms with Crippen molar-refractivity contribution in [2.75, 3.05) is 32.7 Å². The minimum Gasteiger partial charge on any atom is -0.335 e. The first-order valence-electron chi connectivity index (χ1n) is 9.16. The van der Waals surface area contributed by atoms with Crippen molar-refractivity contribution in [3.63, 3.8) is 0 Å². The number of carbonyl (C=O) groups is 2. The van der Waals surface area contributed by atoms with Gasteiger partial charge >= 0.3 is 6.03 Å². The smallest absolute Gasteiger partial charge is 0.321 e. The third kappa shape index (κ3) is 5.06. The second-order valence-electron chi connectivity index (χ2n) is 7.25. The number of sulfonamides is 1. The quantitative estimate of drug-likeness (QED) is 0.762. The Bertz CT molecular complexity index is 828. The van der Waals surface area contributed by atoms with Crippen LogP contribution < -0.4 is 10.6 Å². The highest BCUT2D eigenvalue weighted by molar-refractivity contribution is 7.89. The Morgan fingerprint density at radius 1 is 1.11 bits per heavy atom. The van der Waals surface area contributed by atoms with E-state index in [1.165, 1.54) is 4.31 Å². The van der Waals surface area contributed by atoms with E-state index in [1.54, 1.807) is 19.1 Å². The molecule has 1 saturated carbocycles. The Balaban J connectivity index is 1.51. The molecule has 3 amide bonds. The van der Waals surface area contributed by atoms with Gasteiger partial charge in [0.1, 0.15) is 0 Å². The summed E-state index contributed by atoms with van der Waals surface area (Å²) in [6, 6.07) is 5.04. The number of imide groups is 1. The molecule has 1 heterocycles. The van der Waals surface area contributed by atoms with E-state index < -0.39 is 16.1 Å². The van der Waals surface area contributed by atoms with Gasteiger partial charge in [0, 0.05) is 32.2 Å². The third-order valence-corrected chi connectivity index (χ3v) is 6.87. The third-order valence-electron chi connectivity index (χ3n) is 4.81. The largest absolute Gasteiger partial charge is 0.335 e. The van der Waals surface area contributed by atoms with Crippen LogP contribution in [0.4, 0.5) is 4.79 Å². The lowest BCUT2D eigenvalue weighted by molar-refractivity contribution is -0.121. The van der Waals surface area contributed by atoms with Gasteiger partial charge < -0.3 is 5.32 Å². The highest BCUT2D eigenvalue weighted by atomic mass is 32.2. The molecule has 1 aliphatic carbocycles. The number of rotatable bonds is 5. The molecule has 27 heavy (non-hydrogen) atoms. The number of aryl methyl sites for hydroxylation is 2. The van der Waals surface area contributed by atoms with E-state index in [4.69, 9.17) is 0 Å². The summed E-state index contributed by atoms with van der Waals surface area (Å²) in [4.78, 5) is 25.7. The molecule has 2 fully saturated rings. The Hall–Kier alpha value is -1.97. The summed E-state index contributed by atoms with van der Waals surface area (Å²) in [5.41, 5.74) is 1.76. The van der Waals surface area contributed by atoms with Crippen LogP contribution in [0, 0.1) is 13.8 Å². The van der Waals surface area contributed by atoms with Gasteiger partial charge in [0.15, 0.2) is 0 Å². The first-order valence-corrected chi connectivity index (χ1v) is 10.6. The van der Waals surface area contributed by atoms with Gasteiger partial charge in [0.05, 0.1) is 11.4 Å². The molecule has 0 spiro atoms. The first kappa shape index (κ1) is 19.8. The van der Waals surface area contributed by atoms with E-state index in [9.17, 15) is 18.0 Å². The van der Waals surface area contributed by atoms with Gasteiger partial charge in [0.2, 0.25) is 15.9 Å². The molecule has 1 aliphatic heterocycles. The molecule has 1 aromatic rings. The zero-order valence-corrected chi connectivity index (χ0v) is 16.5. The monoisotopic (exact) mass is 394 g/mol. The van der Waals surface area contributed by atoms with Gasteiger partial charge in [-0.1, -0.05) is 17.7 Å². The number of hydrogen-bond donors (Lipinski definition) is 2. The van der Waals surface area contributed by atoms with Gasteiger partial charge in [0.25, 0.3) is 0 Å². The second-order valence-corrected chi connectivity index (χ2v) is 9.15. The summed E-state index contributed by atoms with van der Waals surface area (Å²) in [7, 11) is -3.54. The molecular weight excluding hydrogens is 368 g/mol. The highest BCUT2D eigenvalue weighted by Gasteiger charge is 2.30. The number of benzene rings is 1. The number of carbonyl (C=O) groups excluding carboxylic acids is 2. The zero-order chi connectivity index (χ0) is 19.6. The maximum Gasteiger partial charge on any atom is 0.321 e. The molecule has 0 radical (unpaired) electrons. The average molecular weight is 394 g/mol. The van der Waals surface area contributed by atoms with Crippen molar-refractivity contribution >= 4 is 22.0 Å². The maximum absolute atomic E-state index is 12.9. The van der Waals surface area contributed by atoms with Crippen LogP contribution >= 0.6 is 0 Å². The van der Waals surface area contributed by atoms with Crippen molar-refractivity contribution in [2.45, 2.75) is 37.6 Å². The minimum absolute atomic E-state index is 0.0789. The Morgan fingerprint density at radius 2 is 1.78 bits per heavy atom.